The molecule has 1 saturated carbocycles. The van der Waals surface area contributed by atoms with E-state index in [4.69, 9.17) is 0 Å². The fourth-order valence-electron chi connectivity index (χ4n) is 2.94. The van der Waals surface area contributed by atoms with Gasteiger partial charge in [-0.05, 0) is 44.1 Å². The molecule has 0 bridgehead atoms. The number of hydrogen-bond donors (Lipinski definition) is 1. The zero-order valence-electron chi connectivity index (χ0n) is 10.1. The van der Waals surface area contributed by atoms with Gasteiger partial charge in [-0.3, -0.25) is 0 Å². The zero-order chi connectivity index (χ0) is 11.6. The molecule has 1 aliphatic carbocycles. The van der Waals surface area contributed by atoms with Crippen LogP contribution in [0.2, 0.25) is 0 Å². The first-order chi connectivity index (χ1) is 7.55. The lowest BCUT2D eigenvalue weighted by atomic mass is 10.0. The molecule has 1 N–H and O–H groups in total. The molecule has 2 aliphatic rings. The van der Waals surface area contributed by atoms with E-state index < -0.39 is 9.84 Å². The molecule has 0 amide bonds. The maximum Gasteiger partial charge on any atom is 0.150 e. The Hall–Kier alpha value is -0.0900. The van der Waals surface area contributed by atoms with E-state index in [-0.39, 0.29) is 0 Å². The van der Waals surface area contributed by atoms with Crippen molar-refractivity contribution in [1.82, 2.24) is 5.32 Å². The third-order valence-corrected chi connectivity index (χ3v) is 5.77. The largest absolute Gasteiger partial charge is 0.314 e. The predicted octanol–water partition coefficient (Wildman–Crippen LogP) is 1.59. The van der Waals surface area contributed by atoms with Gasteiger partial charge in [0, 0.05) is 6.04 Å². The van der Waals surface area contributed by atoms with Crippen LogP contribution in [-0.4, -0.2) is 32.5 Å². The molecule has 0 spiro atoms. The van der Waals surface area contributed by atoms with Crippen LogP contribution in [0.1, 0.15) is 39.0 Å². The number of nitrogens with one attached hydrogen (secondary N) is 1. The first-order valence-corrected chi connectivity index (χ1v) is 8.31. The SMILES string of the molecule is CC1CCC(CNC2CCS(=O)(=O)CC2)C1. The monoisotopic (exact) mass is 245 g/mol. The molecular weight excluding hydrogens is 222 g/mol. The summed E-state index contributed by atoms with van der Waals surface area (Å²) >= 11 is 0. The van der Waals surface area contributed by atoms with Crippen molar-refractivity contribution in [1.29, 1.82) is 0 Å². The van der Waals surface area contributed by atoms with Crippen LogP contribution in [0.5, 0.6) is 0 Å². The lowest BCUT2D eigenvalue weighted by molar-refractivity contribution is 0.401. The molecule has 2 fully saturated rings. The van der Waals surface area contributed by atoms with E-state index in [9.17, 15) is 8.42 Å². The van der Waals surface area contributed by atoms with Gasteiger partial charge in [0.2, 0.25) is 0 Å². The van der Waals surface area contributed by atoms with Crippen molar-refractivity contribution in [2.75, 3.05) is 18.1 Å². The second kappa shape index (κ2) is 5.05. The molecule has 2 rings (SSSR count). The van der Waals surface area contributed by atoms with Gasteiger partial charge < -0.3 is 5.32 Å². The third-order valence-electron chi connectivity index (χ3n) is 4.05. The van der Waals surface area contributed by atoms with E-state index in [0.29, 0.717) is 17.5 Å². The molecule has 94 valence electrons. The molecule has 0 aromatic heterocycles. The number of sulfone groups is 1. The number of rotatable bonds is 3. The highest BCUT2D eigenvalue weighted by Crippen LogP contribution is 2.29. The van der Waals surface area contributed by atoms with Crippen molar-refractivity contribution in [2.45, 2.75) is 45.1 Å². The van der Waals surface area contributed by atoms with Gasteiger partial charge in [-0.15, -0.1) is 0 Å². The molecule has 0 radical (unpaired) electrons. The smallest absolute Gasteiger partial charge is 0.150 e. The fourth-order valence-corrected chi connectivity index (χ4v) is 4.43. The van der Waals surface area contributed by atoms with Gasteiger partial charge in [0.05, 0.1) is 11.5 Å². The number of hydrogen-bond acceptors (Lipinski definition) is 3. The van der Waals surface area contributed by atoms with E-state index >= 15 is 0 Å². The van der Waals surface area contributed by atoms with Gasteiger partial charge in [-0.1, -0.05) is 13.3 Å². The minimum Gasteiger partial charge on any atom is -0.314 e. The average molecular weight is 245 g/mol. The summed E-state index contributed by atoms with van der Waals surface area (Å²) < 4.78 is 22.5. The summed E-state index contributed by atoms with van der Waals surface area (Å²) in [4.78, 5) is 0. The summed E-state index contributed by atoms with van der Waals surface area (Å²) in [6.07, 6.45) is 5.68. The lowest BCUT2D eigenvalue weighted by Crippen LogP contribution is -2.39. The Balaban J connectivity index is 1.68. The molecule has 1 saturated heterocycles. The van der Waals surface area contributed by atoms with E-state index in [1.165, 1.54) is 19.3 Å². The van der Waals surface area contributed by atoms with Crippen LogP contribution in [-0.2, 0) is 9.84 Å². The maximum absolute atomic E-state index is 11.3. The molecule has 3 nitrogen and oxygen atoms in total. The van der Waals surface area contributed by atoms with Crippen LogP contribution < -0.4 is 5.32 Å². The Morgan fingerprint density at radius 1 is 1.12 bits per heavy atom. The Kier molecular flexibility index (Phi) is 3.90. The van der Waals surface area contributed by atoms with Crippen molar-refractivity contribution in [3.63, 3.8) is 0 Å². The standard InChI is InChI=1S/C12H23NO2S/c1-10-2-3-11(8-10)9-13-12-4-6-16(14,15)7-5-12/h10-13H,2-9H2,1H3. The predicted molar refractivity (Wildman–Crippen MR) is 66.2 cm³/mol. The average Bonchev–Trinajstić information content (AvgIpc) is 2.63. The molecule has 1 heterocycles. The Labute approximate surface area is 98.9 Å². The van der Waals surface area contributed by atoms with E-state index in [1.54, 1.807) is 0 Å². The van der Waals surface area contributed by atoms with Gasteiger partial charge in [-0.2, -0.15) is 0 Å². The second-order valence-corrected chi connectivity index (χ2v) is 7.92. The highest BCUT2D eigenvalue weighted by Gasteiger charge is 2.25. The molecule has 0 aromatic carbocycles. The second-order valence-electron chi connectivity index (χ2n) is 5.62. The summed E-state index contributed by atoms with van der Waals surface area (Å²) in [5.74, 6) is 2.48. The molecule has 1 aliphatic heterocycles. The summed E-state index contributed by atoms with van der Waals surface area (Å²) in [5.41, 5.74) is 0. The topological polar surface area (TPSA) is 46.2 Å². The summed E-state index contributed by atoms with van der Waals surface area (Å²) in [5, 5.41) is 3.56. The third kappa shape index (κ3) is 3.45. The highest BCUT2D eigenvalue weighted by atomic mass is 32.2. The lowest BCUT2D eigenvalue weighted by Gasteiger charge is -2.24. The van der Waals surface area contributed by atoms with Gasteiger partial charge in [-0.25, -0.2) is 8.42 Å². The van der Waals surface area contributed by atoms with Crippen molar-refractivity contribution in [2.24, 2.45) is 11.8 Å². The van der Waals surface area contributed by atoms with Gasteiger partial charge in [0.15, 0.2) is 0 Å². The maximum atomic E-state index is 11.3. The van der Waals surface area contributed by atoms with Crippen LogP contribution in [0, 0.1) is 11.8 Å². The summed E-state index contributed by atoms with van der Waals surface area (Å²) in [6.45, 7) is 3.42. The van der Waals surface area contributed by atoms with Crippen LogP contribution in [0.3, 0.4) is 0 Å². The molecule has 0 aromatic rings. The summed E-state index contributed by atoms with van der Waals surface area (Å²) in [6, 6.07) is 0.444. The first kappa shape index (κ1) is 12.4. The van der Waals surface area contributed by atoms with Gasteiger partial charge >= 0.3 is 0 Å². The molecule has 16 heavy (non-hydrogen) atoms. The molecule has 4 heteroatoms. The van der Waals surface area contributed by atoms with Crippen molar-refractivity contribution < 1.29 is 8.42 Å². The minimum absolute atomic E-state index is 0.381. The van der Waals surface area contributed by atoms with E-state index in [0.717, 1.165) is 31.2 Å². The Morgan fingerprint density at radius 3 is 2.38 bits per heavy atom. The van der Waals surface area contributed by atoms with Gasteiger partial charge in [0.25, 0.3) is 0 Å². The van der Waals surface area contributed by atoms with Crippen LogP contribution in [0.4, 0.5) is 0 Å². The van der Waals surface area contributed by atoms with E-state index in [1.807, 2.05) is 0 Å². The Morgan fingerprint density at radius 2 is 1.81 bits per heavy atom. The van der Waals surface area contributed by atoms with Crippen LogP contribution in [0.15, 0.2) is 0 Å². The van der Waals surface area contributed by atoms with Crippen LogP contribution >= 0.6 is 0 Å². The first-order valence-electron chi connectivity index (χ1n) is 6.49. The zero-order valence-corrected chi connectivity index (χ0v) is 10.9. The quantitative estimate of drug-likeness (QED) is 0.821. The fraction of sp³-hybridized carbons (Fsp3) is 1.00. The molecule has 2 unspecified atom stereocenters. The van der Waals surface area contributed by atoms with E-state index in [2.05, 4.69) is 12.2 Å². The summed E-state index contributed by atoms with van der Waals surface area (Å²) in [7, 11) is -2.70. The van der Waals surface area contributed by atoms with Crippen molar-refractivity contribution >= 4 is 9.84 Å². The van der Waals surface area contributed by atoms with Gasteiger partial charge in [0.1, 0.15) is 9.84 Å². The molecular formula is C12H23NO2S. The highest BCUT2D eigenvalue weighted by molar-refractivity contribution is 7.91. The minimum atomic E-state index is -2.70. The normalized spacial score (nSPS) is 35.3. The van der Waals surface area contributed by atoms with Crippen molar-refractivity contribution in [3.05, 3.63) is 0 Å². The Bertz CT molecular complexity index is 312. The molecule has 2 atom stereocenters. The van der Waals surface area contributed by atoms with Crippen LogP contribution in [0.25, 0.3) is 0 Å². The van der Waals surface area contributed by atoms with Crippen molar-refractivity contribution in [3.8, 4) is 0 Å².